The number of amides is 1. The van der Waals surface area contributed by atoms with Gasteiger partial charge in [0, 0.05) is 15.6 Å². The normalized spacial score (nSPS) is 17.1. The average Bonchev–Trinajstić information content (AvgIpc) is 2.91. The zero-order valence-corrected chi connectivity index (χ0v) is 14.4. The fourth-order valence-electron chi connectivity index (χ4n) is 2.04. The van der Waals surface area contributed by atoms with Gasteiger partial charge in [-0.15, -0.1) is 0 Å². The first-order valence-corrected chi connectivity index (χ1v) is 8.38. The molecule has 0 saturated carbocycles. The summed E-state index contributed by atoms with van der Waals surface area (Å²) in [5.74, 6) is -0.288. The topological polar surface area (TPSA) is 65.2 Å². The molecule has 2 aromatic carbocycles. The van der Waals surface area contributed by atoms with Crippen LogP contribution in [0.2, 0.25) is 10.0 Å². The molecule has 2 aromatic rings. The van der Waals surface area contributed by atoms with E-state index in [4.69, 9.17) is 28.5 Å². The van der Waals surface area contributed by atoms with Gasteiger partial charge in [-0.05, 0) is 42.1 Å². The van der Waals surface area contributed by atoms with E-state index in [1.165, 1.54) is 11.8 Å². The van der Waals surface area contributed by atoms with Gasteiger partial charge in [-0.2, -0.15) is 5.26 Å². The van der Waals surface area contributed by atoms with Gasteiger partial charge in [0.25, 0.3) is 5.91 Å². The van der Waals surface area contributed by atoms with Crippen LogP contribution in [-0.2, 0) is 4.79 Å². The second-order valence-electron chi connectivity index (χ2n) is 4.75. The summed E-state index contributed by atoms with van der Waals surface area (Å²) in [7, 11) is 0. The number of amidine groups is 1. The number of rotatable bonds is 2. The Labute approximate surface area is 152 Å². The third-order valence-electron chi connectivity index (χ3n) is 3.17. The van der Waals surface area contributed by atoms with Crippen molar-refractivity contribution < 1.29 is 4.79 Å². The molecule has 1 N–H and O–H groups in total. The molecule has 0 unspecified atom stereocenters. The number of nitriles is 1. The molecule has 0 spiro atoms. The molecule has 118 valence electrons. The largest absolute Gasteiger partial charge is 0.300 e. The number of carbonyl (C=O) groups is 1. The summed E-state index contributed by atoms with van der Waals surface area (Å²) in [6.07, 6.45) is 1.63. The van der Waals surface area contributed by atoms with E-state index < -0.39 is 0 Å². The predicted octanol–water partition coefficient (Wildman–Crippen LogP) is 4.76. The molecular formula is C17H9Cl2N3OS. The molecule has 1 aliphatic heterocycles. The van der Waals surface area contributed by atoms with Crippen LogP contribution >= 0.6 is 35.0 Å². The fraction of sp³-hybridized carbons (Fsp3) is 0. The van der Waals surface area contributed by atoms with Crippen molar-refractivity contribution >= 4 is 57.8 Å². The van der Waals surface area contributed by atoms with Crippen molar-refractivity contribution in [3.8, 4) is 6.07 Å². The maximum Gasteiger partial charge on any atom is 0.264 e. The second-order valence-corrected chi connectivity index (χ2v) is 6.59. The van der Waals surface area contributed by atoms with Gasteiger partial charge in [-0.1, -0.05) is 41.4 Å². The van der Waals surface area contributed by atoms with Gasteiger partial charge < -0.3 is 5.32 Å². The van der Waals surface area contributed by atoms with Crippen LogP contribution in [0.5, 0.6) is 0 Å². The Morgan fingerprint density at radius 3 is 2.54 bits per heavy atom. The number of halogens is 2. The number of nitrogens with one attached hydrogen (secondary N) is 1. The maximum absolute atomic E-state index is 12.1. The molecule has 3 rings (SSSR count). The van der Waals surface area contributed by atoms with E-state index in [1.807, 2.05) is 0 Å². The number of aliphatic imine (C=N–C) groups is 1. The molecular weight excluding hydrogens is 365 g/mol. The lowest BCUT2D eigenvalue weighted by molar-refractivity contribution is -0.115. The minimum atomic E-state index is -0.288. The monoisotopic (exact) mass is 373 g/mol. The van der Waals surface area contributed by atoms with Crippen LogP contribution in [-0.4, -0.2) is 11.1 Å². The van der Waals surface area contributed by atoms with Crippen LogP contribution in [0.3, 0.4) is 0 Å². The van der Waals surface area contributed by atoms with Crippen molar-refractivity contribution in [2.45, 2.75) is 0 Å². The van der Waals surface area contributed by atoms with Crippen LogP contribution in [0.1, 0.15) is 11.1 Å². The summed E-state index contributed by atoms with van der Waals surface area (Å²) in [5.41, 5.74) is 1.52. The van der Waals surface area contributed by atoms with E-state index in [0.717, 1.165) is 0 Å². The van der Waals surface area contributed by atoms with Crippen molar-refractivity contribution in [2.24, 2.45) is 4.99 Å². The van der Waals surface area contributed by atoms with Crippen molar-refractivity contribution in [1.29, 1.82) is 5.26 Å². The predicted molar refractivity (Wildman–Crippen MR) is 98.4 cm³/mol. The van der Waals surface area contributed by atoms with Crippen LogP contribution in [0.4, 0.5) is 5.69 Å². The third kappa shape index (κ3) is 3.46. The summed E-state index contributed by atoms with van der Waals surface area (Å²) in [4.78, 5) is 16.9. The Bertz CT molecular complexity index is 911. The first kappa shape index (κ1) is 16.6. The molecule has 0 aromatic heterocycles. The van der Waals surface area contributed by atoms with Crippen molar-refractivity contribution in [1.82, 2.24) is 5.32 Å². The molecule has 1 aliphatic rings. The molecule has 0 bridgehead atoms. The molecule has 1 amide bonds. The Hall–Kier alpha value is -2.26. The SMILES string of the molecule is N#Cc1ccccc1N=C1NC(=O)/C(=C/c2c(Cl)cccc2Cl)S1. The smallest absolute Gasteiger partial charge is 0.264 e. The quantitative estimate of drug-likeness (QED) is 0.771. The highest BCUT2D eigenvalue weighted by molar-refractivity contribution is 8.18. The molecule has 4 nitrogen and oxygen atoms in total. The highest BCUT2D eigenvalue weighted by Crippen LogP contribution is 2.33. The molecule has 0 atom stereocenters. The molecule has 0 aliphatic carbocycles. The highest BCUT2D eigenvalue weighted by atomic mass is 35.5. The molecule has 0 radical (unpaired) electrons. The van der Waals surface area contributed by atoms with E-state index >= 15 is 0 Å². The Morgan fingerprint density at radius 2 is 1.83 bits per heavy atom. The van der Waals surface area contributed by atoms with Crippen LogP contribution in [0, 0.1) is 11.3 Å². The Kier molecular flexibility index (Phi) is 4.91. The highest BCUT2D eigenvalue weighted by Gasteiger charge is 2.24. The van der Waals surface area contributed by atoms with Crippen LogP contribution in [0.25, 0.3) is 6.08 Å². The summed E-state index contributed by atoms with van der Waals surface area (Å²) in [5, 5.41) is 13.1. The molecule has 7 heteroatoms. The zero-order chi connectivity index (χ0) is 17.1. The number of carbonyl (C=O) groups excluding carboxylic acids is 1. The van der Waals surface area contributed by atoms with Gasteiger partial charge in [0.05, 0.1) is 16.2 Å². The molecule has 1 saturated heterocycles. The van der Waals surface area contributed by atoms with Gasteiger partial charge >= 0.3 is 0 Å². The molecule has 1 heterocycles. The van der Waals surface area contributed by atoms with Crippen LogP contribution in [0.15, 0.2) is 52.4 Å². The van der Waals surface area contributed by atoms with Crippen LogP contribution < -0.4 is 5.32 Å². The molecule has 1 fully saturated rings. The van der Waals surface area contributed by atoms with E-state index in [2.05, 4.69) is 16.4 Å². The van der Waals surface area contributed by atoms with Crippen molar-refractivity contribution in [2.75, 3.05) is 0 Å². The minimum Gasteiger partial charge on any atom is -0.300 e. The maximum atomic E-state index is 12.1. The zero-order valence-electron chi connectivity index (χ0n) is 12.1. The summed E-state index contributed by atoms with van der Waals surface area (Å²) in [6.45, 7) is 0. The number of thioether (sulfide) groups is 1. The number of hydrogen-bond donors (Lipinski definition) is 1. The van der Waals surface area contributed by atoms with Crippen molar-refractivity contribution in [3.63, 3.8) is 0 Å². The number of hydrogen-bond acceptors (Lipinski definition) is 4. The Balaban J connectivity index is 1.93. The Morgan fingerprint density at radius 1 is 1.12 bits per heavy atom. The van der Waals surface area contributed by atoms with Gasteiger partial charge in [-0.3, -0.25) is 4.79 Å². The lowest BCUT2D eigenvalue weighted by Crippen LogP contribution is -2.19. The standard InChI is InChI=1S/C17H9Cl2N3OS/c18-12-5-3-6-13(19)11(12)8-15-16(23)22-17(24-15)21-14-7-2-1-4-10(14)9-20/h1-8H,(H,21,22,23)/b15-8-. The van der Waals surface area contributed by atoms with Gasteiger partial charge in [0.15, 0.2) is 5.17 Å². The number of nitrogens with zero attached hydrogens (tertiary/aromatic N) is 2. The van der Waals surface area contributed by atoms with E-state index in [1.54, 1.807) is 48.5 Å². The first-order chi connectivity index (χ1) is 11.6. The fourth-order valence-corrected chi connectivity index (χ4v) is 3.36. The summed E-state index contributed by atoms with van der Waals surface area (Å²) < 4.78 is 0. The molecule has 24 heavy (non-hydrogen) atoms. The average molecular weight is 374 g/mol. The third-order valence-corrected chi connectivity index (χ3v) is 4.74. The lowest BCUT2D eigenvalue weighted by atomic mass is 10.2. The summed E-state index contributed by atoms with van der Waals surface area (Å²) >= 11 is 13.4. The number of benzene rings is 2. The summed E-state index contributed by atoms with van der Waals surface area (Å²) in [6, 6.07) is 14.1. The van der Waals surface area contributed by atoms with Crippen molar-refractivity contribution in [3.05, 3.63) is 68.5 Å². The second kappa shape index (κ2) is 7.10. The lowest BCUT2D eigenvalue weighted by Gasteiger charge is -2.01. The van der Waals surface area contributed by atoms with E-state index in [9.17, 15) is 4.79 Å². The minimum absolute atomic E-state index is 0.288. The van der Waals surface area contributed by atoms with Gasteiger partial charge in [-0.25, -0.2) is 4.99 Å². The first-order valence-electron chi connectivity index (χ1n) is 6.81. The van der Waals surface area contributed by atoms with E-state index in [-0.39, 0.29) is 5.91 Å². The van der Waals surface area contributed by atoms with Gasteiger partial charge in [0.1, 0.15) is 6.07 Å². The van der Waals surface area contributed by atoms with E-state index in [0.29, 0.717) is 36.9 Å². The number of para-hydroxylation sites is 1. The van der Waals surface area contributed by atoms with Gasteiger partial charge in [0.2, 0.25) is 0 Å².